The average molecular weight is 248 g/mol. The molecule has 18 heavy (non-hydrogen) atoms. The number of nitrogens with zero attached hydrogens (tertiary/aromatic N) is 2. The molecule has 0 amide bonds. The van der Waals surface area contributed by atoms with Crippen LogP contribution in [0.1, 0.15) is 23.1 Å². The van der Waals surface area contributed by atoms with Crippen LogP contribution in [0.3, 0.4) is 0 Å². The second-order valence-corrected chi connectivity index (χ2v) is 4.00. The standard InChI is InChI=1S/C12H12N2O4/c1-8-6-11(18-13-8)7-12(15)9-2-4-10(5-3-9)14(16)17/h2-6,12,15H,7H2,1H3. The van der Waals surface area contributed by atoms with Gasteiger partial charge < -0.3 is 9.63 Å². The molecule has 0 aliphatic rings. The molecular formula is C12H12N2O4. The van der Waals surface area contributed by atoms with Crippen LogP contribution in [-0.4, -0.2) is 15.2 Å². The molecule has 0 radical (unpaired) electrons. The molecule has 0 fully saturated rings. The van der Waals surface area contributed by atoms with Gasteiger partial charge in [0.1, 0.15) is 5.76 Å². The summed E-state index contributed by atoms with van der Waals surface area (Å²) in [4.78, 5) is 10.0. The molecule has 0 bridgehead atoms. The molecule has 2 aromatic rings. The molecule has 1 N–H and O–H groups in total. The lowest BCUT2D eigenvalue weighted by molar-refractivity contribution is -0.384. The lowest BCUT2D eigenvalue weighted by Gasteiger charge is -2.08. The van der Waals surface area contributed by atoms with Gasteiger partial charge in [0, 0.05) is 24.6 Å². The second kappa shape index (κ2) is 4.97. The highest BCUT2D eigenvalue weighted by Crippen LogP contribution is 2.21. The highest BCUT2D eigenvalue weighted by Gasteiger charge is 2.13. The van der Waals surface area contributed by atoms with Crippen molar-refractivity contribution in [3.05, 3.63) is 57.5 Å². The molecule has 1 unspecified atom stereocenters. The minimum atomic E-state index is -0.766. The predicted molar refractivity (Wildman–Crippen MR) is 63.0 cm³/mol. The van der Waals surface area contributed by atoms with E-state index < -0.39 is 11.0 Å². The monoisotopic (exact) mass is 248 g/mol. The zero-order valence-corrected chi connectivity index (χ0v) is 9.74. The summed E-state index contributed by atoms with van der Waals surface area (Å²) < 4.78 is 5.00. The van der Waals surface area contributed by atoms with Crippen molar-refractivity contribution >= 4 is 5.69 Å². The first-order valence-corrected chi connectivity index (χ1v) is 5.41. The number of nitro groups is 1. The Labute approximate surface area is 103 Å². The molecular weight excluding hydrogens is 236 g/mol. The minimum absolute atomic E-state index is 0.00135. The van der Waals surface area contributed by atoms with Crippen molar-refractivity contribution in [3.8, 4) is 0 Å². The van der Waals surface area contributed by atoms with Crippen LogP contribution in [0.25, 0.3) is 0 Å². The van der Waals surface area contributed by atoms with E-state index in [-0.39, 0.29) is 5.69 Å². The van der Waals surface area contributed by atoms with E-state index in [2.05, 4.69) is 5.16 Å². The van der Waals surface area contributed by atoms with Crippen molar-refractivity contribution in [1.82, 2.24) is 5.16 Å². The number of non-ortho nitro benzene ring substituents is 1. The van der Waals surface area contributed by atoms with Crippen LogP contribution in [0.15, 0.2) is 34.9 Å². The number of benzene rings is 1. The van der Waals surface area contributed by atoms with Gasteiger partial charge in [0.25, 0.3) is 5.69 Å². The van der Waals surface area contributed by atoms with Gasteiger partial charge in [-0.2, -0.15) is 0 Å². The summed E-state index contributed by atoms with van der Waals surface area (Å²) in [7, 11) is 0. The first-order chi connectivity index (χ1) is 8.56. The summed E-state index contributed by atoms with van der Waals surface area (Å²) in [6.45, 7) is 1.80. The van der Waals surface area contributed by atoms with Crippen molar-refractivity contribution in [2.75, 3.05) is 0 Å². The third-order valence-corrected chi connectivity index (χ3v) is 2.56. The van der Waals surface area contributed by atoms with E-state index in [1.54, 1.807) is 13.0 Å². The number of aliphatic hydroxyl groups excluding tert-OH is 1. The Bertz CT molecular complexity index is 547. The maximum Gasteiger partial charge on any atom is 0.269 e. The fourth-order valence-corrected chi connectivity index (χ4v) is 1.64. The summed E-state index contributed by atoms with van der Waals surface area (Å²) in [5.41, 5.74) is 1.36. The fraction of sp³-hybridized carbons (Fsp3) is 0.250. The Hall–Kier alpha value is -2.21. The molecule has 0 aliphatic carbocycles. The van der Waals surface area contributed by atoms with Crippen LogP contribution >= 0.6 is 0 Å². The SMILES string of the molecule is Cc1cc(CC(O)c2ccc([N+](=O)[O-])cc2)on1. The third kappa shape index (κ3) is 2.72. The summed E-state index contributed by atoms with van der Waals surface area (Å²) in [5, 5.41) is 24.2. The van der Waals surface area contributed by atoms with Gasteiger partial charge in [-0.3, -0.25) is 10.1 Å². The van der Waals surface area contributed by atoms with Gasteiger partial charge in [0.15, 0.2) is 0 Å². The van der Waals surface area contributed by atoms with Crippen molar-refractivity contribution in [1.29, 1.82) is 0 Å². The molecule has 2 rings (SSSR count). The van der Waals surface area contributed by atoms with Gasteiger partial charge in [-0.25, -0.2) is 0 Å². The fourth-order valence-electron chi connectivity index (χ4n) is 1.64. The first kappa shape index (κ1) is 12.3. The number of aliphatic hydroxyl groups is 1. The van der Waals surface area contributed by atoms with Gasteiger partial charge in [-0.15, -0.1) is 0 Å². The molecule has 1 heterocycles. The molecule has 6 nitrogen and oxygen atoms in total. The smallest absolute Gasteiger partial charge is 0.269 e. The molecule has 1 atom stereocenters. The van der Waals surface area contributed by atoms with Gasteiger partial charge in [-0.1, -0.05) is 5.16 Å². The molecule has 0 saturated carbocycles. The number of hydrogen-bond donors (Lipinski definition) is 1. The van der Waals surface area contributed by atoms with Crippen LogP contribution in [0, 0.1) is 17.0 Å². The Balaban J connectivity index is 2.09. The lowest BCUT2D eigenvalue weighted by Crippen LogP contribution is -2.01. The number of aryl methyl sites for hydroxylation is 1. The van der Waals surface area contributed by atoms with Crippen LogP contribution < -0.4 is 0 Å². The van der Waals surface area contributed by atoms with E-state index in [1.165, 1.54) is 24.3 Å². The van der Waals surface area contributed by atoms with Crippen molar-refractivity contribution in [2.45, 2.75) is 19.4 Å². The van der Waals surface area contributed by atoms with E-state index in [0.717, 1.165) is 5.69 Å². The zero-order chi connectivity index (χ0) is 13.1. The summed E-state index contributed by atoms with van der Waals surface area (Å²) in [6, 6.07) is 7.54. The number of hydrogen-bond acceptors (Lipinski definition) is 5. The van der Waals surface area contributed by atoms with Crippen LogP contribution in [-0.2, 0) is 6.42 Å². The Morgan fingerprint density at radius 1 is 1.44 bits per heavy atom. The number of nitro benzene ring substituents is 1. The summed E-state index contributed by atoms with van der Waals surface area (Å²) >= 11 is 0. The summed E-state index contributed by atoms with van der Waals surface area (Å²) in [6.07, 6.45) is -0.475. The third-order valence-electron chi connectivity index (χ3n) is 2.56. The Morgan fingerprint density at radius 3 is 2.61 bits per heavy atom. The largest absolute Gasteiger partial charge is 0.388 e. The van der Waals surface area contributed by atoms with E-state index >= 15 is 0 Å². The average Bonchev–Trinajstić information content (AvgIpc) is 2.75. The zero-order valence-electron chi connectivity index (χ0n) is 9.74. The predicted octanol–water partition coefficient (Wildman–Crippen LogP) is 2.17. The van der Waals surface area contributed by atoms with Crippen molar-refractivity contribution < 1.29 is 14.6 Å². The van der Waals surface area contributed by atoms with Gasteiger partial charge in [0.2, 0.25) is 0 Å². The van der Waals surface area contributed by atoms with Crippen LogP contribution in [0.2, 0.25) is 0 Å². The second-order valence-electron chi connectivity index (χ2n) is 4.00. The molecule has 0 aliphatic heterocycles. The van der Waals surface area contributed by atoms with Gasteiger partial charge in [0.05, 0.1) is 16.7 Å². The van der Waals surface area contributed by atoms with Crippen LogP contribution in [0.5, 0.6) is 0 Å². The minimum Gasteiger partial charge on any atom is -0.388 e. The molecule has 1 aromatic carbocycles. The van der Waals surface area contributed by atoms with Crippen molar-refractivity contribution in [3.63, 3.8) is 0 Å². The quantitative estimate of drug-likeness (QED) is 0.661. The van der Waals surface area contributed by atoms with E-state index in [0.29, 0.717) is 17.7 Å². The maximum atomic E-state index is 10.5. The Kier molecular flexibility index (Phi) is 3.38. The van der Waals surface area contributed by atoms with Gasteiger partial charge in [-0.05, 0) is 24.6 Å². The topological polar surface area (TPSA) is 89.4 Å². The Morgan fingerprint density at radius 2 is 2.11 bits per heavy atom. The highest BCUT2D eigenvalue weighted by atomic mass is 16.6. The van der Waals surface area contributed by atoms with Crippen molar-refractivity contribution in [2.24, 2.45) is 0 Å². The number of aromatic nitrogens is 1. The summed E-state index contributed by atoms with van der Waals surface area (Å²) in [5.74, 6) is 0.582. The van der Waals surface area contributed by atoms with E-state index in [4.69, 9.17) is 4.52 Å². The number of rotatable bonds is 4. The maximum absolute atomic E-state index is 10.5. The van der Waals surface area contributed by atoms with Crippen LogP contribution in [0.4, 0.5) is 5.69 Å². The normalized spacial score (nSPS) is 12.3. The molecule has 1 aromatic heterocycles. The molecule has 0 spiro atoms. The molecule has 6 heteroatoms. The molecule has 0 saturated heterocycles. The first-order valence-electron chi connectivity index (χ1n) is 5.41. The van der Waals surface area contributed by atoms with E-state index in [1.807, 2.05) is 0 Å². The molecule has 94 valence electrons. The highest BCUT2D eigenvalue weighted by molar-refractivity contribution is 5.34. The van der Waals surface area contributed by atoms with Gasteiger partial charge >= 0.3 is 0 Å². The van der Waals surface area contributed by atoms with E-state index in [9.17, 15) is 15.2 Å². The lowest BCUT2D eigenvalue weighted by atomic mass is 10.0.